The number of aliphatic hydroxyl groups is 1. The molecule has 0 unspecified atom stereocenters. The fourth-order valence-corrected chi connectivity index (χ4v) is 3.24. The van der Waals surface area contributed by atoms with Crippen molar-refractivity contribution in [3.05, 3.63) is 29.8 Å². The number of benzene rings is 1. The van der Waals surface area contributed by atoms with Crippen molar-refractivity contribution >= 4 is 17.8 Å². The van der Waals surface area contributed by atoms with E-state index in [-0.39, 0.29) is 31.9 Å². The van der Waals surface area contributed by atoms with E-state index in [9.17, 15) is 14.0 Å². The smallest absolute Gasteiger partial charge is 0.306 e. The largest absolute Gasteiger partial charge is 0.494 e. The maximum Gasteiger partial charge on any atom is 0.306 e. The Morgan fingerprint density at radius 2 is 1.97 bits per heavy atom. The molecule has 2 atom stereocenters. The van der Waals surface area contributed by atoms with E-state index in [2.05, 4.69) is 15.8 Å². The Labute approximate surface area is 193 Å². The quantitative estimate of drug-likeness (QED) is 0.245. The molecule has 0 radical (unpaired) electrons. The monoisotopic (exact) mass is 467 g/mol. The van der Waals surface area contributed by atoms with Crippen LogP contribution in [0.1, 0.15) is 52.5 Å². The summed E-state index contributed by atoms with van der Waals surface area (Å²) in [7, 11) is 0. The third kappa shape index (κ3) is 7.68. The number of halogens is 1. The molecule has 2 rings (SSSR count). The fourth-order valence-electron chi connectivity index (χ4n) is 3.24. The molecule has 1 aromatic carbocycles. The second-order valence-electron chi connectivity index (χ2n) is 8.71. The number of hydrogen-bond acceptors (Lipinski definition) is 8. The van der Waals surface area contributed by atoms with Crippen molar-refractivity contribution in [2.75, 3.05) is 26.4 Å². The van der Waals surface area contributed by atoms with E-state index < -0.39 is 35.8 Å². The van der Waals surface area contributed by atoms with Crippen molar-refractivity contribution in [1.82, 2.24) is 10.9 Å². The molecule has 0 saturated carbocycles. The second kappa shape index (κ2) is 11.9. The van der Waals surface area contributed by atoms with Gasteiger partial charge in [0.2, 0.25) is 5.90 Å². The maximum absolute atomic E-state index is 13.1. The molecule has 1 aromatic rings. The van der Waals surface area contributed by atoms with E-state index in [0.29, 0.717) is 24.3 Å². The molecule has 10 heteroatoms. The molecule has 33 heavy (non-hydrogen) atoms. The lowest BCUT2D eigenvalue weighted by molar-refractivity contribution is -0.155. The van der Waals surface area contributed by atoms with Crippen LogP contribution in [0.4, 0.5) is 4.39 Å². The molecule has 1 amide bonds. The molecule has 0 saturated heterocycles. The van der Waals surface area contributed by atoms with E-state index in [1.165, 1.54) is 0 Å². The molecule has 1 aliphatic rings. The van der Waals surface area contributed by atoms with Crippen LogP contribution in [0.3, 0.4) is 0 Å². The first kappa shape index (κ1) is 26.5. The Morgan fingerprint density at radius 3 is 2.58 bits per heavy atom. The van der Waals surface area contributed by atoms with Gasteiger partial charge in [-0.05, 0) is 58.4 Å². The molecule has 184 valence electrons. The van der Waals surface area contributed by atoms with Crippen LogP contribution in [0.2, 0.25) is 0 Å². The first-order chi connectivity index (χ1) is 15.6. The topological polar surface area (TPSA) is 118 Å². The van der Waals surface area contributed by atoms with Crippen molar-refractivity contribution in [2.24, 2.45) is 4.99 Å². The first-order valence-electron chi connectivity index (χ1n) is 11.0. The fraction of sp³-hybridized carbons (Fsp3) is 0.609. The Hall–Kier alpha value is -2.72. The predicted molar refractivity (Wildman–Crippen MR) is 121 cm³/mol. The van der Waals surface area contributed by atoms with Crippen LogP contribution in [-0.2, 0) is 19.1 Å². The van der Waals surface area contributed by atoms with Gasteiger partial charge < -0.3 is 19.3 Å². The van der Waals surface area contributed by atoms with E-state index >= 15 is 0 Å². The number of nitrogens with zero attached hydrogens (tertiary/aromatic N) is 1. The van der Waals surface area contributed by atoms with Crippen molar-refractivity contribution in [3.8, 4) is 5.75 Å². The molecule has 0 bridgehead atoms. The van der Waals surface area contributed by atoms with Crippen LogP contribution in [0.15, 0.2) is 29.3 Å². The van der Waals surface area contributed by atoms with Gasteiger partial charge in [-0.2, -0.15) is 0 Å². The van der Waals surface area contributed by atoms with Gasteiger partial charge in [0.05, 0.1) is 6.61 Å². The molecule has 0 spiro atoms. The summed E-state index contributed by atoms with van der Waals surface area (Å²) >= 11 is 0. The van der Waals surface area contributed by atoms with Gasteiger partial charge in [0.1, 0.15) is 24.1 Å². The first-order valence-corrected chi connectivity index (χ1v) is 11.0. The van der Waals surface area contributed by atoms with Crippen molar-refractivity contribution in [3.63, 3.8) is 0 Å². The summed E-state index contributed by atoms with van der Waals surface area (Å²) in [5, 5.41) is 8.86. The normalized spacial score (nSPS) is 20.1. The summed E-state index contributed by atoms with van der Waals surface area (Å²) in [5.74, 6) is -0.0879. The standard InChI is InChI=1S/C23H34FN3O6/c1-16-23(21(30)27-25-13-12-24,11-10-19(29)33-22(2,3)4)26-20(32-16)17-6-8-18(9-7-17)31-15-5-14-28/h6-9,16,25,28H,5,10-15H2,1-4H3,(H,27,30)/t16-,23-/m0/s1. The summed E-state index contributed by atoms with van der Waals surface area (Å²) in [4.78, 5) is 29.9. The van der Waals surface area contributed by atoms with Crippen LogP contribution in [0.25, 0.3) is 0 Å². The van der Waals surface area contributed by atoms with E-state index in [0.717, 1.165) is 0 Å². The average molecular weight is 468 g/mol. The molecular formula is C23H34FN3O6. The van der Waals surface area contributed by atoms with Crippen molar-refractivity contribution < 1.29 is 33.3 Å². The van der Waals surface area contributed by atoms with Crippen LogP contribution in [-0.4, -0.2) is 66.6 Å². The van der Waals surface area contributed by atoms with Gasteiger partial charge in [0.25, 0.3) is 5.91 Å². The number of amides is 1. The van der Waals surface area contributed by atoms with Crippen LogP contribution in [0, 0.1) is 0 Å². The summed E-state index contributed by atoms with van der Waals surface area (Å²) < 4.78 is 29.3. The number of carbonyl (C=O) groups excluding carboxylic acids is 2. The summed E-state index contributed by atoms with van der Waals surface area (Å²) in [6, 6.07) is 6.99. The molecular weight excluding hydrogens is 433 g/mol. The lowest BCUT2D eigenvalue weighted by Crippen LogP contribution is -2.55. The zero-order valence-corrected chi connectivity index (χ0v) is 19.7. The minimum Gasteiger partial charge on any atom is -0.494 e. The van der Waals surface area contributed by atoms with Crippen molar-refractivity contribution in [2.45, 2.75) is 64.2 Å². The Bertz CT molecular complexity index is 824. The number of esters is 1. The Kier molecular flexibility index (Phi) is 9.60. The maximum atomic E-state index is 13.1. The number of alkyl halides is 1. The second-order valence-corrected chi connectivity index (χ2v) is 8.71. The van der Waals surface area contributed by atoms with Crippen LogP contribution >= 0.6 is 0 Å². The molecule has 1 aliphatic heterocycles. The molecule has 3 N–H and O–H groups in total. The number of hydrazine groups is 1. The van der Waals surface area contributed by atoms with E-state index in [1.54, 1.807) is 52.0 Å². The van der Waals surface area contributed by atoms with Gasteiger partial charge in [0, 0.05) is 31.6 Å². The highest BCUT2D eigenvalue weighted by Gasteiger charge is 2.50. The third-order valence-electron chi connectivity index (χ3n) is 4.88. The van der Waals surface area contributed by atoms with Gasteiger partial charge in [-0.3, -0.25) is 15.0 Å². The lowest BCUT2D eigenvalue weighted by Gasteiger charge is -2.28. The molecule has 9 nitrogen and oxygen atoms in total. The van der Waals surface area contributed by atoms with Gasteiger partial charge in [0.15, 0.2) is 5.54 Å². The molecule has 1 heterocycles. The van der Waals surface area contributed by atoms with E-state index in [1.807, 2.05) is 0 Å². The highest BCUT2D eigenvalue weighted by Crippen LogP contribution is 2.33. The minimum atomic E-state index is -1.40. The van der Waals surface area contributed by atoms with Gasteiger partial charge in [-0.25, -0.2) is 14.8 Å². The Balaban J connectivity index is 2.22. The highest BCUT2D eigenvalue weighted by atomic mass is 19.1. The van der Waals surface area contributed by atoms with Crippen molar-refractivity contribution in [1.29, 1.82) is 0 Å². The Morgan fingerprint density at radius 1 is 1.27 bits per heavy atom. The minimum absolute atomic E-state index is 0.0457. The highest BCUT2D eigenvalue weighted by molar-refractivity contribution is 6.00. The summed E-state index contributed by atoms with van der Waals surface area (Å²) in [5.41, 5.74) is 3.58. The number of hydrogen-bond donors (Lipinski definition) is 3. The third-order valence-corrected chi connectivity index (χ3v) is 4.88. The van der Waals surface area contributed by atoms with Gasteiger partial charge >= 0.3 is 5.97 Å². The lowest BCUT2D eigenvalue weighted by atomic mass is 9.88. The van der Waals surface area contributed by atoms with Gasteiger partial charge in [-0.1, -0.05) is 0 Å². The predicted octanol–water partition coefficient (Wildman–Crippen LogP) is 2.06. The number of nitrogens with one attached hydrogen (secondary N) is 2. The number of ether oxygens (including phenoxy) is 3. The molecule has 0 fully saturated rings. The van der Waals surface area contributed by atoms with Crippen LogP contribution in [0.5, 0.6) is 5.75 Å². The summed E-state index contributed by atoms with van der Waals surface area (Å²) in [6.07, 6.45) is -0.142. The molecule has 0 aliphatic carbocycles. The molecule has 0 aromatic heterocycles. The van der Waals surface area contributed by atoms with Gasteiger partial charge in [-0.15, -0.1) is 0 Å². The summed E-state index contributed by atoms with van der Waals surface area (Å²) in [6.45, 7) is 6.73. The zero-order valence-electron chi connectivity index (χ0n) is 19.7. The average Bonchev–Trinajstić information content (AvgIpc) is 3.09. The zero-order chi connectivity index (χ0) is 24.5. The number of carbonyl (C=O) groups is 2. The van der Waals surface area contributed by atoms with Crippen LogP contribution < -0.4 is 15.6 Å². The SMILES string of the molecule is C[C@@H]1OC(c2ccc(OCCCO)cc2)=N[C@]1(CCC(=O)OC(C)(C)C)C(=O)NNCCF. The van der Waals surface area contributed by atoms with E-state index in [4.69, 9.17) is 19.3 Å². The number of aliphatic imine (C=N–C) groups is 1. The number of aliphatic hydroxyl groups excluding tert-OH is 1. The number of rotatable bonds is 12.